The van der Waals surface area contributed by atoms with Crippen molar-refractivity contribution in [3.63, 3.8) is 0 Å². The van der Waals surface area contributed by atoms with Crippen LogP contribution in [0.15, 0.2) is 24.3 Å². The van der Waals surface area contributed by atoms with Crippen molar-refractivity contribution in [2.45, 2.75) is 31.7 Å². The van der Waals surface area contributed by atoms with E-state index >= 15 is 0 Å². The molecule has 4 heterocycles. The average molecular weight is 372 g/mol. The van der Waals surface area contributed by atoms with Crippen LogP contribution in [-0.2, 0) is 11.2 Å². The lowest BCUT2D eigenvalue weighted by molar-refractivity contribution is -0.141. The van der Waals surface area contributed by atoms with E-state index < -0.39 is 0 Å². The van der Waals surface area contributed by atoms with Crippen molar-refractivity contribution in [3.05, 3.63) is 35.6 Å². The highest BCUT2D eigenvalue weighted by Gasteiger charge is 2.50. The molecule has 6 rings (SSSR count). The second kappa shape index (κ2) is 7.17. The lowest BCUT2D eigenvalue weighted by Crippen LogP contribution is -2.61. The summed E-state index contributed by atoms with van der Waals surface area (Å²) in [5.74, 6) is 2.44. The van der Waals surface area contributed by atoms with Crippen molar-refractivity contribution < 1.29 is 9.18 Å². The highest BCUT2D eigenvalue weighted by atomic mass is 19.1. The van der Waals surface area contributed by atoms with Gasteiger partial charge >= 0.3 is 0 Å². The summed E-state index contributed by atoms with van der Waals surface area (Å²) in [7, 11) is 0. The summed E-state index contributed by atoms with van der Waals surface area (Å²) in [6.07, 6.45) is 4.51. The summed E-state index contributed by atoms with van der Waals surface area (Å²) >= 11 is 0. The van der Waals surface area contributed by atoms with E-state index in [0.29, 0.717) is 23.8 Å². The molecule has 0 radical (unpaired) electrons. The first-order valence-corrected chi connectivity index (χ1v) is 10.6. The van der Waals surface area contributed by atoms with Gasteiger partial charge < -0.3 is 15.1 Å². The quantitative estimate of drug-likeness (QED) is 0.862. The Hall–Kier alpha value is -1.46. The summed E-state index contributed by atoms with van der Waals surface area (Å²) in [6.45, 7) is 6.51. The Morgan fingerprint density at radius 3 is 2.52 bits per heavy atom. The van der Waals surface area contributed by atoms with Crippen LogP contribution in [0.25, 0.3) is 0 Å². The second-order valence-corrected chi connectivity index (χ2v) is 9.27. The Labute approximate surface area is 161 Å². The zero-order valence-corrected chi connectivity index (χ0v) is 15.9. The van der Waals surface area contributed by atoms with E-state index in [0.717, 1.165) is 51.5 Å². The summed E-state index contributed by atoms with van der Waals surface area (Å²) in [5, 5.41) is 3.39. The minimum Gasteiger partial charge on any atom is -0.352 e. The first kappa shape index (κ1) is 17.6. The molecule has 4 nitrogen and oxygen atoms in total. The average Bonchev–Trinajstić information content (AvgIpc) is 3.07. The number of carbonyl (C=O) groups excluding carboxylic acids is 1. The van der Waals surface area contributed by atoms with E-state index in [4.69, 9.17) is 0 Å². The Kier molecular flexibility index (Phi) is 4.68. The normalized spacial score (nSPS) is 37.7. The summed E-state index contributed by atoms with van der Waals surface area (Å²) in [6, 6.07) is 7.09. The van der Waals surface area contributed by atoms with Crippen LogP contribution in [0.5, 0.6) is 0 Å². The molecule has 5 heteroatoms. The lowest BCUT2D eigenvalue weighted by Gasteiger charge is -2.55. The third-order valence-electron chi connectivity index (χ3n) is 7.34. The van der Waals surface area contributed by atoms with E-state index in [1.54, 1.807) is 0 Å². The van der Waals surface area contributed by atoms with Crippen LogP contribution in [0, 0.1) is 29.5 Å². The summed E-state index contributed by atoms with van der Waals surface area (Å²) < 4.78 is 13.0. The van der Waals surface area contributed by atoms with Crippen molar-refractivity contribution in [1.29, 1.82) is 0 Å². The molecule has 1 aliphatic carbocycles. The van der Waals surface area contributed by atoms with E-state index in [1.807, 2.05) is 12.1 Å². The highest BCUT2D eigenvalue weighted by molar-refractivity contribution is 5.80. The van der Waals surface area contributed by atoms with Gasteiger partial charge in [0.05, 0.1) is 0 Å². The van der Waals surface area contributed by atoms with Gasteiger partial charge in [0.15, 0.2) is 0 Å². The molecule has 1 saturated carbocycles. The van der Waals surface area contributed by atoms with Gasteiger partial charge in [-0.15, -0.1) is 0 Å². The molecular weight excluding hydrogens is 341 g/mol. The molecule has 146 valence electrons. The Morgan fingerprint density at radius 2 is 1.81 bits per heavy atom. The molecule has 5 fully saturated rings. The summed E-state index contributed by atoms with van der Waals surface area (Å²) in [4.78, 5) is 18.0. The van der Waals surface area contributed by atoms with Gasteiger partial charge in [-0.1, -0.05) is 12.1 Å². The van der Waals surface area contributed by atoms with Crippen LogP contribution in [0.1, 0.15) is 24.8 Å². The molecule has 3 atom stereocenters. The zero-order valence-electron chi connectivity index (χ0n) is 15.9. The maximum atomic E-state index is 13.0. The maximum absolute atomic E-state index is 13.0. The standard InChI is InChI=1S/C22H30FN3O/c23-19-3-1-15(2-4-19)5-7-25-8-6-20(14-25)24-22(27)21-17-9-16-10-18(21)13-26(11-16)12-17/h1-4,16-18,20-21H,5-14H2,(H,24,27). The van der Waals surface area contributed by atoms with Crippen LogP contribution in [0.4, 0.5) is 4.39 Å². The van der Waals surface area contributed by atoms with Crippen molar-refractivity contribution in [2.75, 3.05) is 39.3 Å². The van der Waals surface area contributed by atoms with Crippen LogP contribution >= 0.6 is 0 Å². The molecule has 4 bridgehead atoms. The van der Waals surface area contributed by atoms with Gasteiger partial charge in [-0.25, -0.2) is 4.39 Å². The van der Waals surface area contributed by atoms with Gasteiger partial charge in [0.2, 0.25) is 5.91 Å². The molecule has 5 aliphatic rings. The lowest BCUT2D eigenvalue weighted by atomic mass is 9.61. The number of likely N-dealkylation sites (tertiary alicyclic amines) is 1. The predicted octanol–water partition coefficient (Wildman–Crippen LogP) is 2.15. The number of nitrogens with zero attached hydrogens (tertiary/aromatic N) is 2. The number of benzene rings is 1. The van der Waals surface area contributed by atoms with Gasteiger partial charge in [-0.05, 0) is 61.1 Å². The number of hydrogen-bond donors (Lipinski definition) is 1. The van der Waals surface area contributed by atoms with Crippen molar-refractivity contribution in [1.82, 2.24) is 15.1 Å². The molecule has 1 N–H and O–H groups in total. The van der Waals surface area contributed by atoms with E-state index in [9.17, 15) is 9.18 Å². The molecular formula is C22H30FN3O. The highest BCUT2D eigenvalue weighted by Crippen LogP contribution is 2.47. The molecule has 1 amide bonds. The summed E-state index contributed by atoms with van der Waals surface area (Å²) in [5.41, 5.74) is 1.17. The van der Waals surface area contributed by atoms with Gasteiger partial charge in [0.25, 0.3) is 0 Å². The number of amides is 1. The fourth-order valence-corrected chi connectivity index (χ4v) is 6.23. The van der Waals surface area contributed by atoms with Gasteiger partial charge in [-0.3, -0.25) is 4.79 Å². The monoisotopic (exact) mass is 371 g/mol. The number of carbonyl (C=O) groups is 1. The van der Waals surface area contributed by atoms with Crippen LogP contribution in [0.3, 0.4) is 0 Å². The first-order valence-electron chi connectivity index (χ1n) is 10.6. The zero-order chi connectivity index (χ0) is 18.4. The molecule has 1 aromatic carbocycles. The second-order valence-electron chi connectivity index (χ2n) is 9.27. The number of hydrogen-bond acceptors (Lipinski definition) is 3. The Balaban J connectivity index is 1.11. The molecule has 0 spiro atoms. The fraction of sp³-hybridized carbons (Fsp3) is 0.682. The predicted molar refractivity (Wildman–Crippen MR) is 103 cm³/mol. The Morgan fingerprint density at radius 1 is 1.07 bits per heavy atom. The number of rotatable bonds is 5. The molecule has 4 saturated heterocycles. The van der Waals surface area contributed by atoms with Crippen molar-refractivity contribution in [2.24, 2.45) is 23.7 Å². The number of halogens is 1. The van der Waals surface area contributed by atoms with Crippen LogP contribution < -0.4 is 5.32 Å². The maximum Gasteiger partial charge on any atom is 0.224 e. The van der Waals surface area contributed by atoms with E-state index in [2.05, 4.69) is 15.1 Å². The molecule has 27 heavy (non-hydrogen) atoms. The minimum atomic E-state index is -0.177. The van der Waals surface area contributed by atoms with Gasteiger partial charge in [0, 0.05) is 51.2 Å². The van der Waals surface area contributed by atoms with Crippen molar-refractivity contribution in [3.8, 4) is 0 Å². The van der Waals surface area contributed by atoms with E-state index in [-0.39, 0.29) is 11.7 Å². The Bertz CT molecular complexity index is 663. The number of nitrogens with one attached hydrogen (secondary N) is 1. The molecule has 4 aliphatic heterocycles. The minimum absolute atomic E-state index is 0.177. The first-order chi connectivity index (χ1) is 13.1. The molecule has 0 aromatic heterocycles. The third kappa shape index (κ3) is 3.64. The largest absolute Gasteiger partial charge is 0.352 e. The van der Waals surface area contributed by atoms with Gasteiger partial charge in [-0.2, -0.15) is 0 Å². The van der Waals surface area contributed by atoms with E-state index in [1.165, 1.54) is 37.1 Å². The van der Waals surface area contributed by atoms with Crippen LogP contribution in [-0.4, -0.2) is 61.0 Å². The smallest absolute Gasteiger partial charge is 0.224 e. The topological polar surface area (TPSA) is 35.6 Å². The van der Waals surface area contributed by atoms with Crippen molar-refractivity contribution >= 4 is 5.91 Å². The number of piperidine rings is 3. The molecule has 3 unspecified atom stereocenters. The SMILES string of the molecule is O=C(NC1CCN(CCc2ccc(F)cc2)C1)C1C2CC3CC1CN(C3)C2. The third-order valence-corrected chi connectivity index (χ3v) is 7.34. The van der Waals surface area contributed by atoms with Gasteiger partial charge in [0.1, 0.15) is 5.82 Å². The van der Waals surface area contributed by atoms with Crippen LogP contribution in [0.2, 0.25) is 0 Å². The molecule has 1 aromatic rings. The fourth-order valence-electron chi connectivity index (χ4n) is 6.23.